The van der Waals surface area contributed by atoms with Crippen molar-refractivity contribution in [3.63, 3.8) is 0 Å². The minimum absolute atomic E-state index is 0.300. The van der Waals surface area contributed by atoms with Crippen LogP contribution < -0.4 is 0 Å². The van der Waals surface area contributed by atoms with Crippen molar-refractivity contribution >= 4 is 5.78 Å². The van der Waals surface area contributed by atoms with Gasteiger partial charge in [-0.2, -0.15) is 4.98 Å². The van der Waals surface area contributed by atoms with E-state index in [0.717, 1.165) is 37.4 Å². The quantitative estimate of drug-likeness (QED) is 0.819. The lowest BCUT2D eigenvalue weighted by atomic mass is 9.73. The molecule has 0 atom stereocenters. The van der Waals surface area contributed by atoms with Crippen molar-refractivity contribution in [2.75, 3.05) is 0 Å². The van der Waals surface area contributed by atoms with Gasteiger partial charge in [0.2, 0.25) is 5.89 Å². The van der Waals surface area contributed by atoms with Crippen LogP contribution in [0.2, 0.25) is 0 Å². The molecule has 110 valence electrons. The first-order valence-corrected chi connectivity index (χ1v) is 7.89. The summed E-state index contributed by atoms with van der Waals surface area (Å²) in [6.45, 7) is 4.67. The fourth-order valence-corrected chi connectivity index (χ4v) is 3.42. The van der Waals surface area contributed by atoms with Gasteiger partial charge in [-0.15, -0.1) is 0 Å². The summed E-state index contributed by atoms with van der Waals surface area (Å²) in [4.78, 5) is 15.9. The maximum absolute atomic E-state index is 11.3. The Balaban J connectivity index is 1.64. The van der Waals surface area contributed by atoms with Crippen molar-refractivity contribution < 1.29 is 9.32 Å². The Bertz CT molecular complexity index is 472. The van der Waals surface area contributed by atoms with Crippen molar-refractivity contribution in [1.82, 2.24) is 10.1 Å². The Morgan fingerprint density at radius 1 is 1.05 bits per heavy atom. The smallest absolute Gasteiger partial charge is 0.229 e. The first-order valence-electron chi connectivity index (χ1n) is 7.89. The van der Waals surface area contributed by atoms with Crippen LogP contribution in [-0.2, 0) is 4.79 Å². The fourth-order valence-electron chi connectivity index (χ4n) is 3.42. The van der Waals surface area contributed by atoms with E-state index < -0.39 is 0 Å². The Labute approximate surface area is 120 Å². The fraction of sp³-hybridized carbons (Fsp3) is 0.812. The van der Waals surface area contributed by atoms with Gasteiger partial charge < -0.3 is 4.52 Å². The lowest BCUT2D eigenvalue weighted by molar-refractivity contribution is -0.120. The predicted octanol–water partition coefficient (Wildman–Crippen LogP) is 3.98. The Hall–Kier alpha value is -1.19. The molecule has 0 N–H and O–H groups in total. The lowest BCUT2D eigenvalue weighted by Crippen LogP contribution is -2.20. The second-order valence-electron chi connectivity index (χ2n) is 7.24. The van der Waals surface area contributed by atoms with Gasteiger partial charge in [0.1, 0.15) is 5.78 Å². The standard InChI is InChI=1S/C16H24N2O2/c1-16(2)9-7-11(8-10-16)14-17-15(20-18-14)12-3-5-13(19)6-4-12/h11-12H,3-10H2,1-2H3. The Kier molecular flexibility index (Phi) is 3.65. The van der Waals surface area contributed by atoms with E-state index in [1.807, 2.05) is 0 Å². The van der Waals surface area contributed by atoms with Gasteiger partial charge in [0.25, 0.3) is 0 Å². The molecule has 4 heteroatoms. The zero-order valence-electron chi connectivity index (χ0n) is 12.5. The van der Waals surface area contributed by atoms with Crippen LogP contribution >= 0.6 is 0 Å². The van der Waals surface area contributed by atoms with E-state index in [4.69, 9.17) is 4.52 Å². The van der Waals surface area contributed by atoms with E-state index in [2.05, 4.69) is 24.0 Å². The van der Waals surface area contributed by atoms with Gasteiger partial charge in [0.15, 0.2) is 5.82 Å². The molecule has 1 heterocycles. The molecule has 0 aliphatic heterocycles. The number of carbonyl (C=O) groups excluding carboxylic acids is 1. The normalized spacial score (nSPS) is 25.0. The van der Waals surface area contributed by atoms with E-state index in [-0.39, 0.29) is 0 Å². The number of Topliss-reactive ketones (excluding diaryl/α,β-unsaturated/α-hetero) is 1. The number of aromatic nitrogens is 2. The summed E-state index contributed by atoms with van der Waals surface area (Å²) in [7, 11) is 0. The van der Waals surface area contributed by atoms with E-state index in [9.17, 15) is 4.79 Å². The zero-order valence-corrected chi connectivity index (χ0v) is 12.5. The highest BCUT2D eigenvalue weighted by atomic mass is 16.5. The van der Waals surface area contributed by atoms with Crippen molar-refractivity contribution in [3.05, 3.63) is 11.7 Å². The van der Waals surface area contributed by atoms with Crippen molar-refractivity contribution in [2.45, 2.75) is 77.0 Å². The molecule has 1 aromatic heterocycles. The topological polar surface area (TPSA) is 56.0 Å². The van der Waals surface area contributed by atoms with Crippen LogP contribution in [0.4, 0.5) is 0 Å². The predicted molar refractivity (Wildman–Crippen MR) is 75.5 cm³/mol. The molecule has 2 fully saturated rings. The molecule has 0 bridgehead atoms. The SMILES string of the molecule is CC1(C)CCC(c2noc(C3CCC(=O)CC3)n2)CC1. The molecule has 0 unspecified atom stereocenters. The monoisotopic (exact) mass is 276 g/mol. The van der Waals surface area contributed by atoms with Gasteiger partial charge in [-0.3, -0.25) is 4.79 Å². The molecule has 2 aliphatic rings. The van der Waals surface area contributed by atoms with Gasteiger partial charge in [0, 0.05) is 24.7 Å². The van der Waals surface area contributed by atoms with Gasteiger partial charge in [-0.25, -0.2) is 0 Å². The average molecular weight is 276 g/mol. The summed E-state index contributed by atoms with van der Waals surface area (Å²) in [5, 5.41) is 4.21. The van der Waals surface area contributed by atoms with Gasteiger partial charge >= 0.3 is 0 Å². The van der Waals surface area contributed by atoms with Crippen LogP contribution in [0.1, 0.15) is 88.8 Å². The zero-order chi connectivity index (χ0) is 14.2. The highest BCUT2D eigenvalue weighted by Gasteiger charge is 2.31. The summed E-state index contributed by atoms with van der Waals surface area (Å²) >= 11 is 0. The molecular weight excluding hydrogens is 252 g/mol. The number of hydrogen-bond acceptors (Lipinski definition) is 4. The van der Waals surface area contributed by atoms with Crippen LogP contribution in [0.15, 0.2) is 4.52 Å². The van der Waals surface area contributed by atoms with Crippen molar-refractivity contribution in [1.29, 1.82) is 0 Å². The van der Waals surface area contributed by atoms with Crippen LogP contribution in [0, 0.1) is 5.41 Å². The number of nitrogens with zero attached hydrogens (tertiary/aromatic N) is 2. The maximum atomic E-state index is 11.3. The van der Waals surface area contributed by atoms with E-state index >= 15 is 0 Å². The van der Waals surface area contributed by atoms with E-state index in [0.29, 0.717) is 35.9 Å². The third-order valence-electron chi connectivity index (χ3n) is 5.05. The molecule has 0 spiro atoms. The molecule has 0 saturated heterocycles. The minimum Gasteiger partial charge on any atom is -0.339 e. The average Bonchev–Trinajstić information content (AvgIpc) is 2.89. The highest BCUT2D eigenvalue weighted by molar-refractivity contribution is 5.79. The maximum Gasteiger partial charge on any atom is 0.229 e. The van der Waals surface area contributed by atoms with Gasteiger partial charge in [-0.05, 0) is 43.9 Å². The Morgan fingerprint density at radius 3 is 2.35 bits per heavy atom. The number of rotatable bonds is 2. The van der Waals surface area contributed by atoms with Crippen LogP contribution in [0.25, 0.3) is 0 Å². The first kappa shape index (κ1) is 13.8. The summed E-state index contributed by atoms with van der Waals surface area (Å²) in [5.74, 6) is 2.79. The second-order valence-corrected chi connectivity index (χ2v) is 7.24. The van der Waals surface area contributed by atoms with Crippen molar-refractivity contribution in [2.24, 2.45) is 5.41 Å². The Morgan fingerprint density at radius 2 is 1.70 bits per heavy atom. The lowest BCUT2D eigenvalue weighted by Gasteiger charge is -2.32. The number of carbonyl (C=O) groups is 1. The molecule has 2 saturated carbocycles. The molecule has 20 heavy (non-hydrogen) atoms. The second kappa shape index (κ2) is 5.30. The molecule has 0 radical (unpaired) electrons. The van der Waals surface area contributed by atoms with Crippen LogP contribution in [0.5, 0.6) is 0 Å². The molecule has 3 rings (SSSR count). The molecule has 0 amide bonds. The highest BCUT2D eigenvalue weighted by Crippen LogP contribution is 2.42. The first-order chi connectivity index (χ1) is 9.53. The van der Waals surface area contributed by atoms with Crippen LogP contribution in [0.3, 0.4) is 0 Å². The molecule has 4 nitrogen and oxygen atoms in total. The third kappa shape index (κ3) is 2.94. The summed E-state index contributed by atoms with van der Waals surface area (Å²) in [6.07, 6.45) is 7.87. The summed E-state index contributed by atoms with van der Waals surface area (Å²) < 4.78 is 5.47. The largest absolute Gasteiger partial charge is 0.339 e. The summed E-state index contributed by atoms with van der Waals surface area (Å²) in [6, 6.07) is 0. The molecular formula is C16H24N2O2. The van der Waals surface area contributed by atoms with Gasteiger partial charge in [0.05, 0.1) is 0 Å². The molecule has 0 aromatic carbocycles. The number of ketones is 1. The number of hydrogen-bond donors (Lipinski definition) is 0. The summed E-state index contributed by atoms with van der Waals surface area (Å²) in [5.41, 5.74) is 0.465. The molecule has 1 aromatic rings. The van der Waals surface area contributed by atoms with Crippen LogP contribution in [-0.4, -0.2) is 15.9 Å². The van der Waals surface area contributed by atoms with E-state index in [1.165, 1.54) is 12.8 Å². The van der Waals surface area contributed by atoms with E-state index in [1.54, 1.807) is 0 Å². The molecule has 2 aliphatic carbocycles. The van der Waals surface area contributed by atoms with Gasteiger partial charge in [-0.1, -0.05) is 19.0 Å². The minimum atomic E-state index is 0.300. The third-order valence-corrected chi connectivity index (χ3v) is 5.05. The van der Waals surface area contributed by atoms with Crippen molar-refractivity contribution in [3.8, 4) is 0 Å².